The molecule has 4 aliphatic rings. The highest BCUT2D eigenvalue weighted by Gasteiger charge is 2.60. The molecule has 7 heteroatoms. The SMILES string of the molecule is Cc1ccc(C23CC4CC(CC(C(=O)NCC(=O)N/N=C/c5cc(Br)ccc5O)(C4)C2)C3)cc1. The minimum absolute atomic E-state index is 0.00171. The Balaban J connectivity index is 1.23. The van der Waals surface area contributed by atoms with E-state index in [2.05, 4.69) is 63.0 Å². The Kier molecular flexibility index (Phi) is 6.00. The smallest absolute Gasteiger partial charge is 0.259 e. The summed E-state index contributed by atoms with van der Waals surface area (Å²) in [5.74, 6) is 0.826. The number of nitrogens with one attached hydrogen (secondary N) is 2. The van der Waals surface area contributed by atoms with Crippen LogP contribution in [0.15, 0.2) is 52.0 Å². The Morgan fingerprint density at radius 1 is 1.12 bits per heavy atom. The molecule has 2 aromatic rings. The number of hydrogen-bond donors (Lipinski definition) is 3. The first-order valence-corrected chi connectivity index (χ1v) is 12.7. The first-order chi connectivity index (χ1) is 16.3. The lowest BCUT2D eigenvalue weighted by molar-refractivity contribution is -0.149. The Bertz CT molecular complexity index is 1130. The minimum Gasteiger partial charge on any atom is -0.507 e. The van der Waals surface area contributed by atoms with Gasteiger partial charge in [-0.25, -0.2) is 5.43 Å². The van der Waals surface area contributed by atoms with Crippen molar-refractivity contribution in [3.63, 3.8) is 0 Å². The average molecular weight is 524 g/mol. The first kappa shape index (κ1) is 23.1. The zero-order valence-corrected chi connectivity index (χ0v) is 20.9. The Morgan fingerprint density at radius 3 is 2.53 bits per heavy atom. The van der Waals surface area contributed by atoms with Crippen LogP contribution in [-0.2, 0) is 15.0 Å². The molecule has 4 aliphatic carbocycles. The molecule has 2 atom stereocenters. The van der Waals surface area contributed by atoms with Gasteiger partial charge in [-0.05, 0) is 86.5 Å². The molecule has 4 fully saturated rings. The van der Waals surface area contributed by atoms with Crippen LogP contribution >= 0.6 is 15.9 Å². The molecule has 3 N–H and O–H groups in total. The van der Waals surface area contributed by atoms with Gasteiger partial charge in [-0.1, -0.05) is 45.8 Å². The number of hydrogen-bond acceptors (Lipinski definition) is 4. The van der Waals surface area contributed by atoms with Gasteiger partial charge < -0.3 is 10.4 Å². The van der Waals surface area contributed by atoms with Gasteiger partial charge in [0.15, 0.2) is 0 Å². The van der Waals surface area contributed by atoms with Crippen molar-refractivity contribution in [2.75, 3.05) is 6.54 Å². The van der Waals surface area contributed by atoms with Gasteiger partial charge in [0, 0.05) is 10.0 Å². The van der Waals surface area contributed by atoms with E-state index in [9.17, 15) is 14.7 Å². The fraction of sp³-hybridized carbons (Fsp3) is 0.444. The third-order valence-electron chi connectivity index (χ3n) is 8.00. The second-order valence-corrected chi connectivity index (χ2v) is 11.5. The predicted molar refractivity (Wildman–Crippen MR) is 135 cm³/mol. The number of amides is 2. The number of phenolic OH excluding ortho intramolecular Hbond substituents is 1. The van der Waals surface area contributed by atoms with E-state index in [4.69, 9.17) is 0 Å². The molecule has 6 rings (SSSR count). The summed E-state index contributed by atoms with van der Waals surface area (Å²) < 4.78 is 0.796. The third-order valence-corrected chi connectivity index (χ3v) is 8.49. The van der Waals surface area contributed by atoms with Gasteiger partial charge >= 0.3 is 0 Å². The largest absolute Gasteiger partial charge is 0.507 e. The molecule has 34 heavy (non-hydrogen) atoms. The molecule has 4 bridgehead atoms. The summed E-state index contributed by atoms with van der Waals surface area (Å²) in [4.78, 5) is 25.8. The molecule has 4 saturated carbocycles. The van der Waals surface area contributed by atoms with Crippen LogP contribution in [0.1, 0.15) is 55.2 Å². The predicted octanol–water partition coefficient (Wildman–Crippen LogP) is 4.57. The van der Waals surface area contributed by atoms with Crippen molar-refractivity contribution in [1.29, 1.82) is 0 Å². The number of phenols is 1. The van der Waals surface area contributed by atoms with Crippen LogP contribution in [0, 0.1) is 24.2 Å². The number of benzene rings is 2. The fourth-order valence-corrected chi connectivity index (χ4v) is 7.34. The molecule has 0 spiro atoms. The number of aryl methyl sites for hydroxylation is 1. The molecule has 2 amide bonds. The molecule has 178 valence electrons. The van der Waals surface area contributed by atoms with Crippen LogP contribution in [0.4, 0.5) is 0 Å². The number of carbonyl (C=O) groups excluding carboxylic acids is 2. The minimum atomic E-state index is -0.392. The number of hydrazone groups is 1. The number of halogens is 1. The van der Waals surface area contributed by atoms with E-state index in [1.165, 1.54) is 36.6 Å². The molecule has 0 heterocycles. The van der Waals surface area contributed by atoms with Gasteiger partial charge in [0.2, 0.25) is 5.91 Å². The van der Waals surface area contributed by atoms with Crippen molar-refractivity contribution in [2.24, 2.45) is 22.4 Å². The van der Waals surface area contributed by atoms with E-state index >= 15 is 0 Å². The average Bonchev–Trinajstić information content (AvgIpc) is 2.79. The highest BCUT2D eigenvalue weighted by atomic mass is 79.9. The van der Waals surface area contributed by atoms with Gasteiger partial charge in [0.05, 0.1) is 18.2 Å². The van der Waals surface area contributed by atoms with Crippen LogP contribution in [0.5, 0.6) is 5.75 Å². The topological polar surface area (TPSA) is 90.8 Å². The summed E-state index contributed by atoms with van der Waals surface area (Å²) in [6, 6.07) is 13.8. The standard InChI is InChI=1S/C27H30BrN3O3/c1-17-2-4-21(5-3-17)26-10-18-8-19(11-26)13-27(12-18,16-26)25(34)29-15-24(33)31-30-14-20-9-22(28)6-7-23(20)32/h2-7,9,14,18-19,32H,8,10-13,15-16H2,1H3,(H,29,34)(H,31,33)/b30-14+. The van der Waals surface area contributed by atoms with Gasteiger partial charge in [-0.15, -0.1) is 0 Å². The van der Waals surface area contributed by atoms with Crippen molar-refractivity contribution in [2.45, 2.75) is 50.9 Å². The fourth-order valence-electron chi connectivity index (χ4n) is 6.96. The summed E-state index contributed by atoms with van der Waals surface area (Å²) in [6.07, 6.45) is 7.64. The maximum Gasteiger partial charge on any atom is 0.259 e. The van der Waals surface area contributed by atoms with E-state index in [0.717, 1.165) is 23.7 Å². The quantitative estimate of drug-likeness (QED) is 0.382. The van der Waals surface area contributed by atoms with Crippen molar-refractivity contribution in [1.82, 2.24) is 10.7 Å². The van der Waals surface area contributed by atoms with Crippen molar-refractivity contribution in [3.8, 4) is 5.75 Å². The second kappa shape index (κ2) is 8.84. The van der Waals surface area contributed by atoms with Crippen LogP contribution in [0.2, 0.25) is 0 Å². The van der Waals surface area contributed by atoms with Gasteiger partial charge in [-0.2, -0.15) is 5.10 Å². The molecule has 2 unspecified atom stereocenters. The summed E-state index contributed by atoms with van der Waals surface area (Å²) >= 11 is 3.34. The van der Waals surface area contributed by atoms with E-state index in [-0.39, 0.29) is 29.0 Å². The van der Waals surface area contributed by atoms with Crippen molar-refractivity contribution < 1.29 is 14.7 Å². The van der Waals surface area contributed by atoms with E-state index in [0.29, 0.717) is 17.4 Å². The summed E-state index contributed by atoms with van der Waals surface area (Å²) in [5.41, 5.74) is 5.23. The van der Waals surface area contributed by atoms with Crippen LogP contribution in [0.25, 0.3) is 0 Å². The molecule has 0 saturated heterocycles. The second-order valence-electron chi connectivity index (χ2n) is 10.6. The van der Waals surface area contributed by atoms with E-state index < -0.39 is 5.91 Å². The highest BCUT2D eigenvalue weighted by Crippen LogP contribution is 2.65. The maximum atomic E-state index is 13.4. The Hall–Kier alpha value is -2.67. The molecule has 0 aromatic heterocycles. The Morgan fingerprint density at radius 2 is 1.82 bits per heavy atom. The van der Waals surface area contributed by atoms with Gasteiger partial charge in [0.25, 0.3) is 5.91 Å². The van der Waals surface area contributed by atoms with Crippen LogP contribution < -0.4 is 10.7 Å². The summed E-state index contributed by atoms with van der Waals surface area (Å²) in [5, 5.41) is 16.7. The molecular weight excluding hydrogens is 494 g/mol. The lowest BCUT2D eigenvalue weighted by atomic mass is 9.42. The molecule has 2 aromatic carbocycles. The molecule has 6 nitrogen and oxygen atoms in total. The third kappa shape index (κ3) is 4.38. The van der Waals surface area contributed by atoms with Crippen LogP contribution in [-0.4, -0.2) is 29.7 Å². The monoisotopic (exact) mass is 523 g/mol. The van der Waals surface area contributed by atoms with Crippen LogP contribution in [0.3, 0.4) is 0 Å². The van der Waals surface area contributed by atoms with E-state index in [1.807, 2.05) is 0 Å². The lowest BCUT2D eigenvalue weighted by Gasteiger charge is -2.61. The lowest BCUT2D eigenvalue weighted by Crippen LogP contribution is -2.59. The molecule has 0 aliphatic heterocycles. The zero-order valence-electron chi connectivity index (χ0n) is 19.3. The highest BCUT2D eigenvalue weighted by molar-refractivity contribution is 9.10. The number of carbonyl (C=O) groups is 2. The van der Waals surface area contributed by atoms with E-state index in [1.54, 1.807) is 18.2 Å². The summed E-state index contributed by atoms with van der Waals surface area (Å²) in [6.45, 7) is 1.99. The zero-order chi connectivity index (χ0) is 23.9. The number of nitrogens with zero attached hydrogens (tertiary/aromatic N) is 1. The number of rotatable bonds is 6. The molecular formula is C27H30BrN3O3. The van der Waals surface area contributed by atoms with Crippen molar-refractivity contribution in [3.05, 3.63) is 63.6 Å². The van der Waals surface area contributed by atoms with Gasteiger partial charge in [0.1, 0.15) is 5.75 Å². The normalized spacial score (nSPS) is 29.4. The number of aromatic hydroxyl groups is 1. The Labute approximate surface area is 208 Å². The summed E-state index contributed by atoms with van der Waals surface area (Å²) in [7, 11) is 0. The maximum absolute atomic E-state index is 13.4. The van der Waals surface area contributed by atoms with Gasteiger partial charge in [-0.3, -0.25) is 9.59 Å². The first-order valence-electron chi connectivity index (χ1n) is 11.9. The molecule has 0 radical (unpaired) electrons. The van der Waals surface area contributed by atoms with Crippen molar-refractivity contribution >= 4 is 34.0 Å².